The molecule has 0 saturated heterocycles. The van der Waals surface area contributed by atoms with E-state index in [1.165, 1.54) is 0 Å². The molecule has 0 unspecified atom stereocenters. The summed E-state index contributed by atoms with van der Waals surface area (Å²) < 4.78 is 66.0. The largest absolute Gasteiger partial charge is 0.300 e. The van der Waals surface area contributed by atoms with Crippen LogP contribution in [0.3, 0.4) is 0 Å². The number of nitrogens with one attached hydrogen (secondary N) is 1. The number of halogens is 5. The summed E-state index contributed by atoms with van der Waals surface area (Å²) >= 11 is 1.05. The monoisotopic (exact) mass is 351 g/mol. The van der Waals surface area contributed by atoms with Crippen LogP contribution in [-0.4, -0.2) is 16.1 Å². The standard InChI is InChI=1S/C13H10F5N3OS/c1-4(2)12-20-21-13(23-12)19-6(22)3-5-7(14)9(16)11(18)10(17)8(5)15/h4H,3H2,1-2H3,(H,19,21,22). The third-order valence-electron chi connectivity index (χ3n) is 2.82. The average molecular weight is 351 g/mol. The molecule has 0 aliphatic carbocycles. The van der Waals surface area contributed by atoms with Gasteiger partial charge in [-0.05, 0) is 0 Å². The van der Waals surface area contributed by atoms with Gasteiger partial charge in [0.2, 0.25) is 16.9 Å². The number of carbonyl (C=O) groups excluding carboxylic acids is 1. The second kappa shape index (κ2) is 6.57. The minimum Gasteiger partial charge on any atom is -0.300 e. The van der Waals surface area contributed by atoms with Gasteiger partial charge >= 0.3 is 0 Å². The lowest BCUT2D eigenvalue weighted by molar-refractivity contribution is -0.115. The van der Waals surface area contributed by atoms with Crippen LogP contribution in [0.1, 0.15) is 30.3 Å². The highest BCUT2D eigenvalue weighted by Gasteiger charge is 2.27. The molecule has 1 N–H and O–H groups in total. The number of nitrogens with zero attached hydrogens (tertiary/aromatic N) is 2. The quantitative estimate of drug-likeness (QED) is 0.521. The summed E-state index contributed by atoms with van der Waals surface area (Å²) in [7, 11) is 0. The zero-order chi connectivity index (χ0) is 17.3. The van der Waals surface area contributed by atoms with Gasteiger partial charge in [-0.15, -0.1) is 10.2 Å². The molecule has 10 heteroatoms. The van der Waals surface area contributed by atoms with E-state index in [4.69, 9.17) is 0 Å². The van der Waals surface area contributed by atoms with Gasteiger partial charge in [0.1, 0.15) is 5.01 Å². The summed E-state index contributed by atoms with van der Waals surface area (Å²) in [4.78, 5) is 11.7. The molecule has 2 aromatic rings. The predicted molar refractivity (Wildman–Crippen MR) is 72.6 cm³/mol. The fourth-order valence-electron chi connectivity index (χ4n) is 1.65. The van der Waals surface area contributed by atoms with E-state index in [0.717, 1.165) is 11.3 Å². The molecule has 1 aromatic heterocycles. The van der Waals surface area contributed by atoms with Gasteiger partial charge in [-0.2, -0.15) is 0 Å². The second-order valence-corrected chi connectivity index (χ2v) is 5.88. The first-order valence-electron chi connectivity index (χ1n) is 6.35. The average Bonchev–Trinajstić information content (AvgIpc) is 2.96. The second-order valence-electron chi connectivity index (χ2n) is 4.87. The normalized spacial score (nSPS) is 11.1. The first kappa shape index (κ1) is 17.3. The van der Waals surface area contributed by atoms with Gasteiger partial charge < -0.3 is 5.32 Å². The van der Waals surface area contributed by atoms with Crippen molar-refractivity contribution in [1.29, 1.82) is 0 Å². The molecule has 0 spiro atoms. The Morgan fingerprint density at radius 3 is 2.00 bits per heavy atom. The third kappa shape index (κ3) is 3.46. The molecule has 0 bridgehead atoms. The van der Waals surface area contributed by atoms with E-state index >= 15 is 0 Å². The molecule has 124 valence electrons. The summed E-state index contributed by atoms with van der Waals surface area (Å²) in [6, 6.07) is 0. The van der Waals surface area contributed by atoms with Crippen molar-refractivity contribution in [2.45, 2.75) is 26.2 Å². The molecule has 4 nitrogen and oxygen atoms in total. The predicted octanol–water partition coefficient (Wildman–Crippen LogP) is 3.54. The number of aromatic nitrogens is 2. The molecular weight excluding hydrogens is 341 g/mol. The molecule has 1 aromatic carbocycles. The molecule has 1 heterocycles. The highest BCUT2D eigenvalue weighted by Crippen LogP contribution is 2.25. The first-order chi connectivity index (χ1) is 10.7. The van der Waals surface area contributed by atoms with Crippen molar-refractivity contribution in [3.05, 3.63) is 39.7 Å². The molecule has 0 atom stereocenters. The van der Waals surface area contributed by atoms with Crippen LogP contribution >= 0.6 is 11.3 Å². The maximum Gasteiger partial charge on any atom is 0.230 e. The van der Waals surface area contributed by atoms with Gasteiger partial charge in [-0.3, -0.25) is 4.79 Å². The van der Waals surface area contributed by atoms with Gasteiger partial charge in [0.15, 0.2) is 23.3 Å². The van der Waals surface area contributed by atoms with Crippen molar-refractivity contribution in [1.82, 2.24) is 10.2 Å². The molecular formula is C13H10F5N3OS. The highest BCUT2D eigenvalue weighted by molar-refractivity contribution is 7.15. The lowest BCUT2D eigenvalue weighted by Gasteiger charge is -2.07. The topological polar surface area (TPSA) is 54.9 Å². The molecule has 2 rings (SSSR count). The summed E-state index contributed by atoms with van der Waals surface area (Å²) in [5.74, 6) is -11.4. The molecule has 0 aliphatic heterocycles. The summed E-state index contributed by atoms with van der Waals surface area (Å²) in [6.45, 7) is 3.70. The van der Waals surface area contributed by atoms with Crippen LogP contribution in [0.5, 0.6) is 0 Å². The zero-order valence-corrected chi connectivity index (χ0v) is 12.7. The van der Waals surface area contributed by atoms with E-state index in [1.807, 2.05) is 13.8 Å². The minimum atomic E-state index is -2.27. The number of benzene rings is 1. The van der Waals surface area contributed by atoms with Crippen molar-refractivity contribution >= 4 is 22.4 Å². The van der Waals surface area contributed by atoms with Crippen molar-refractivity contribution in [3.63, 3.8) is 0 Å². The lowest BCUT2D eigenvalue weighted by Crippen LogP contribution is -2.18. The smallest absolute Gasteiger partial charge is 0.230 e. The van der Waals surface area contributed by atoms with Gasteiger partial charge in [0, 0.05) is 11.5 Å². The first-order valence-corrected chi connectivity index (χ1v) is 7.17. The van der Waals surface area contributed by atoms with Crippen LogP contribution in [0.15, 0.2) is 0 Å². The van der Waals surface area contributed by atoms with Crippen LogP contribution in [0, 0.1) is 29.1 Å². The number of carbonyl (C=O) groups is 1. The summed E-state index contributed by atoms with van der Waals surface area (Å²) in [6.07, 6.45) is -1.03. The van der Waals surface area contributed by atoms with Crippen molar-refractivity contribution < 1.29 is 26.7 Å². The van der Waals surface area contributed by atoms with Crippen LogP contribution in [0.25, 0.3) is 0 Å². The van der Waals surface area contributed by atoms with Gasteiger partial charge in [-0.25, -0.2) is 22.0 Å². The third-order valence-corrected chi connectivity index (χ3v) is 3.96. The maximum absolute atomic E-state index is 13.5. The number of amides is 1. The van der Waals surface area contributed by atoms with Gasteiger partial charge in [0.25, 0.3) is 0 Å². The Kier molecular flexibility index (Phi) is 4.93. The Morgan fingerprint density at radius 1 is 1.00 bits per heavy atom. The highest BCUT2D eigenvalue weighted by atomic mass is 32.1. The Bertz CT molecular complexity index is 733. The lowest BCUT2D eigenvalue weighted by atomic mass is 10.1. The van der Waals surface area contributed by atoms with Crippen LogP contribution in [-0.2, 0) is 11.2 Å². The minimum absolute atomic E-state index is 0.0633. The number of rotatable bonds is 4. The summed E-state index contributed by atoms with van der Waals surface area (Å²) in [5.41, 5.74) is -1.20. The fourth-order valence-corrected chi connectivity index (χ4v) is 2.41. The molecule has 0 aliphatic rings. The van der Waals surface area contributed by atoms with Gasteiger partial charge in [0.05, 0.1) is 6.42 Å². The number of anilines is 1. The van der Waals surface area contributed by atoms with E-state index in [1.54, 1.807) is 0 Å². The molecule has 0 radical (unpaired) electrons. The van der Waals surface area contributed by atoms with E-state index in [9.17, 15) is 26.7 Å². The molecule has 0 fully saturated rings. The molecule has 0 saturated carbocycles. The van der Waals surface area contributed by atoms with Crippen LogP contribution < -0.4 is 5.32 Å². The SMILES string of the molecule is CC(C)c1nnc(NC(=O)Cc2c(F)c(F)c(F)c(F)c2F)s1. The summed E-state index contributed by atoms with van der Waals surface area (Å²) in [5, 5.41) is 10.3. The van der Waals surface area contributed by atoms with Crippen molar-refractivity contribution in [2.75, 3.05) is 5.32 Å². The molecule has 1 amide bonds. The Balaban J connectivity index is 2.20. The van der Waals surface area contributed by atoms with Crippen LogP contribution in [0.4, 0.5) is 27.1 Å². The van der Waals surface area contributed by atoms with E-state index in [0.29, 0.717) is 5.01 Å². The molecule has 23 heavy (non-hydrogen) atoms. The Hall–Kier alpha value is -2.10. The Labute approximate surface area is 131 Å². The number of hydrogen-bond acceptors (Lipinski definition) is 4. The maximum atomic E-state index is 13.5. The fraction of sp³-hybridized carbons (Fsp3) is 0.308. The Morgan fingerprint density at radius 2 is 1.52 bits per heavy atom. The van der Waals surface area contributed by atoms with E-state index < -0.39 is 47.0 Å². The van der Waals surface area contributed by atoms with E-state index in [-0.39, 0.29) is 11.0 Å². The zero-order valence-electron chi connectivity index (χ0n) is 11.9. The van der Waals surface area contributed by atoms with Crippen molar-refractivity contribution in [2.24, 2.45) is 0 Å². The number of hydrogen-bond donors (Lipinski definition) is 1. The van der Waals surface area contributed by atoms with Crippen LogP contribution in [0.2, 0.25) is 0 Å². The van der Waals surface area contributed by atoms with Gasteiger partial charge in [-0.1, -0.05) is 25.2 Å². The van der Waals surface area contributed by atoms with Crippen molar-refractivity contribution in [3.8, 4) is 0 Å². The van der Waals surface area contributed by atoms with E-state index in [2.05, 4.69) is 15.5 Å².